The molecule has 1 aliphatic carbocycles. The van der Waals surface area contributed by atoms with Crippen molar-refractivity contribution in [3.05, 3.63) is 41.2 Å². The molecule has 0 saturated carbocycles. The molecule has 104 valence electrons. The summed E-state index contributed by atoms with van der Waals surface area (Å²) in [5.41, 5.74) is 13.2. The second kappa shape index (κ2) is 5.08. The molecule has 6 heteroatoms. The number of rotatable bonds is 3. The minimum absolute atomic E-state index is 0.0685. The zero-order valence-electron chi connectivity index (χ0n) is 11.2. The molecule has 0 bridgehead atoms. The molecule has 2 rings (SSSR count). The monoisotopic (exact) mass is 273 g/mol. The van der Waals surface area contributed by atoms with E-state index in [2.05, 4.69) is 5.32 Å². The molecule has 5 N–H and O–H groups in total. The predicted molar refractivity (Wildman–Crippen MR) is 76.1 cm³/mol. The molecule has 20 heavy (non-hydrogen) atoms. The van der Waals surface area contributed by atoms with Gasteiger partial charge in [-0.25, -0.2) is 0 Å². The van der Waals surface area contributed by atoms with E-state index in [0.29, 0.717) is 17.1 Å². The third-order valence-corrected chi connectivity index (χ3v) is 2.97. The third-order valence-electron chi connectivity index (χ3n) is 2.97. The number of nitrogens with one attached hydrogen (secondary N) is 1. The lowest BCUT2D eigenvalue weighted by Crippen LogP contribution is -2.22. The van der Waals surface area contributed by atoms with Gasteiger partial charge in [-0.1, -0.05) is 0 Å². The Morgan fingerprint density at radius 2 is 1.80 bits per heavy atom. The summed E-state index contributed by atoms with van der Waals surface area (Å²) in [6.45, 7) is 1.83. The Hall–Kier alpha value is -2.76. The Bertz CT molecular complexity index is 660. The third kappa shape index (κ3) is 2.49. The van der Waals surface area contributed by atoms with E-state index in [-0.39, 0.29) is 17.2 Å². The van der Waals surface area contributed by atoms with Gasteiger partial charge in [0.15, 0.2) is 0 Å². The normalized spacial score (nSPS) is 14.7. The fourth-order valence-electron chi connectivity index (χ4n) is 1.79. The highest BCUT2D eigenvalue weighted by molar-refractivity contribution is 6.20. The number of anilines is 2. The number of ether oxygens (including phenoxy) is 1. The van der Waals surface area contributed by atoms with Gasteiger partial charge in [0.25, 0.3) is 0 Å². The Labute approximate surface area is 116 Å². The van der Waals surface area contributed by atoms with Crippen molar-refractivity contribution in [2.45, 2.75) is 6.92 Å². The van der Waals surface area contributed by atoms with Crippen molar-refractivity contribution in [2.24, 2.45) is 5.73 Å². The Balaban J connectivity index is 2.36. The summed E-state index contributed by atoms with van der Waals surface area (Å²) in [4.78, 5) is 23.3. The summed E-state index contributed by atoms with van der Waals surface area (Å²) in [7, 11) is 1.50. The van der Waals surface area contributed by atoms with Gasteiger partial charge in [0.1, 0.15) is 5.75 Å². The minimum atomic E-state index is -0.404. The van der Waals surface area contributed by atoms with Crippen LogP contribution in [0.5, 0.6) is 5.75 Å². The lowest BCUT2D eigenvalue weighted by Gasteiger charge is -2.16. The zero-order chi connectivity index (χ0) is 14.9. The number of hydrogen-bond donors (Lipinski definition) is 3. The largest absolute Gasteiger partial charge is 0.494 e. The van der Waals surface area contributed by atoms with Crippen molar-refractivity contribution >= 4 is 22.9 Å². The maximum Gasteiger partial charge on any atom is 0.204 e. The molecule has 0 unspecified atom stereocenters. The number of carbonyl (C=O) groups is 2. The van der Waals surface area contributed by atoms with Gasteiger partial charge in [-0.15, -0.1) is 0 Å². The molecular weight excluding hydrogens is 258 g/mol. The van der Waals surface area contributed by atoms with Gasteiger partial charge in [0.05, 0.1) is 24.2 Å². The summed E-state index contributed by atoms with van der Waals surface area (Å²) in [6, 6.07) is 3.39. The van der Waals surface area contributed by atoms with E-state index < -0.39 is 5.78 Å². The van der Waals surface area contributed by atoms with E-state index in [1.165, 1.54) is 13.2 Å². The van der Waals surface area contributed by atoms with Crippen molar-refractivity contribution in [1.82, 2.24) is 0 Å². The van der Waals surface area contributed by atoms with Crippen LogP contribution in [-0.2, 0) is 9.59 Å². The summed E-state index contributed by atoms with van der Waals surface area (Å²) in [5.74, 6) is -0.284. The van der Waals surface area contributed by atoms with Crippen LogP contribution in [0.1, 0.15) is 5.56 Å². The Kier molecular flexibility index (Phi) is 3.47. The van der Waals surface area contributed by atoms with Crippen LogP contribution >= 0.6 is 0 Å². The number of nitrogens with two attached hydrogens (primary N) is 2. The number of allylic oxidation sites excluding steroid dienone is 2. The Morgan fingerprint density at radius 1 is 1.10 bits per heavy atom. The molecule has 0 atom stereocenters. The van der Waals surface area contributed by atoms with Crippen LogP contribution in [0.4, 0.5) is 11.4 Å². The summed E-state index contributed by atoms with van der Waals surface area (Å²) in [5, 5.41) is 2.88. The van der Waals surface area contributed by atoms with Crippen molar-refractivity contribution in [3.63, 3.8) is 0 Å². The smallest absolute Gasteiger partial charge is 0.204 e. The molecule has 0 radical (unpaired) electrons. The van der Waals surface area contributed by atoms with Gasteiger partial charge in [0.2, 0.25) is 11.6 Å². The average Bonchev–Trinajstić information content (AvgIpc) is 2.39. The van der Waals surface area contributed by atoms with E-state index in [0.717, 1.165) is 11.6 Å². The van der Waals surface area contributed by atoms with Gasteiger partial charge in [0, 0.05) is 23.9 Å². The molecule has 1 aliphatic rings. The number of methoxy groups -OCH3 is 1. The molecule has 1 aromatic carbocycles. The van der Waals surface area contributed by atoms with Crippen molar-refractivity contribution < 1.29 is 14.3 Å². The lowest BCUT2D eigenvalue weighted by atomic mass is 10.1. The number of carbonyl (C=O) groups excluding carboxylic acids is 2. The van der Waals surface area contributed by atoms with E-state index in [1.807, 2.05) is 6.92 Å². The quantitative estimate of drug-likeness (QED) is 0.557. The Morgan fingerprint density at radius 3 is 2.45 bits per heavy atom. The fraction of sp³-hybridized carbons (Fsp3) is 0.143. The van der Waals surface area contributed by atoms with Crippen LogP contribution in [-0.4, -0.2) is 18.7 Å². The summed E-state index contributed by atoms with van der Waals surface area (Å²) in [6.07, 6.45) is 2.27. The molecule has 0 fully saturated rings. The molecule has 0 saturated heterocycles. The average molecular weight is 273 g/mol. The van der Waals surface area contributed by atoms with Crippen LogP contribution < -0.4 is 21.5 Å². The number of benzene rings is 1. The summed E-state index contributed by atoms with van der Waals surface area (Å²) < 4.78 is 5.20. The molecule has 0 aliphatic heterocycles. The molecule has 1 aromatic rings. The fourth-order valence-corrected chi connectivity index (χ4v) is 1.79. The van der Waals surface area contributed by atoms with Gasteiger partial charge < -0.3 is 21.5 Å². The number of aryl methyl sites for hydroxylation is 1. The van der Waals surface area contributed by atoms with Crippen LogP contribution in [0.2, 0.25) is 0 Å². The zero-order valence-corrected chi connectivity index (χ0v) is 11.2. The van der Waals surface area contributed by atoms with E-state index in [4.69, 9.17) is 16.2 Å². The molecule has 0 spiro atoms. The highest BCUT2D eigenvalue weighted by Gasteiger charge is 2.19. The van der Waals surface area contributed by atoms with Crippen molar-refractivity contribution in [1.29, 1.82) is 0 Å². The predicted octanol–water partition coefficient (Wildman–Crippen LogP) is 0.876. The number of hydrogen-bond acceptors (Lipinski definition) is 6. The van der Waals surface area contributed by atoms with Crippen LogP contribution in [0.3, 0.4) is 0 Å². The lowest BCUT2D eigenvalue weighted by molar-refractivity contribution is -0.115. The number of nitrogen functional groups attached to an aromatic ring is 1. The molecular formula is C14H15N3O3. The highest BCUT2D eigenvalue weighted by Crippen LogP contribution is 2.31. The van der Waals surface area contributed by atoms with Gasteiger partial charge in [-0.05, 0) is 18.6 Å². The molecule has 0 heterocycles. The molecule has 0 amide bonds. The second-order valence-corrected chi connectivity index (χ2v) is 4.42. The van der Waals surface area contributed by atoms with E-state index >= 15 is 0 Å². The minimum Gasteiger partial charge on any atom is -0.494 e. The van der Waals surface area contributed by atoms with E-state index in [9.17, 15) is 9.59 Å². The maximum atomic E-state index is 11.8. The van der Waals surface area contributed by atoms with E-state index in [1.54, 1.807) is 12.1 Å². The number of ketones is 2. The SMILES string of the molecule is COc1cc(N)c(C)cc1NC1=CC(=O)C(N)=CC1=O. The first-order valence-electron chi connectivity index (χ1n) is 5.91. The van der Waals surface area contributed by atoms with Crippen molar-refractivity contribution in [3.8, 4) is 5.75 Å². The molecule has 6 nitrogen and oxygen atoms in total. The topological polar surface area (TPSA) is 107 Å². The first kappa shape index (κ1) is 13.7. The molecule has 0 aromatic heterocycles. The first-order chi connectivity index (χ1) is 9.42. The van der Waals surface area contributed by atoms with Crippen molar-refractivity contribution in [2.75, 3.05) is 18.2 Å². The van der Waals surface area contributed by atoms with Crippen LogP contribution in [0, 0.1) is 6.92 Å². The standard InChI is InChI=1S/C14H15N3O3/c1-7-3-11(14(20-2)5-8(7)15)17-10-6-12(18)9(16)4-13(10)19/h3-6,17H,15-16H2,1-2H3. The highest BCUT2D eigenvalue weighted by atomic mass is 16.5. The maximum absolute atomic E-state index is 11.8. The van der Waals surface area contributed by atoms with Gasteiger partial charge in [-0.2, -0.15) is 0 Å². The van der Waals surface area contributed by atoms with Gasteiger partial charge in [-0.3, -0.25) is 9.59 Å². The second-order valence-electron chi connectivity index (χ2n) is 4.42. The summed E-state index contributed by atoms with van der Waals surface area (Å²) >= 11 is 0. The first-order valence-corrected chi connectivity index (χ1v) is 5.91. The van der Waals surface area contributed by atoms with Crippen LogP contribution in [0.15, 0.2) is 35.7 Å². The van der Waals surface area contributed by atoms with Gasteiger partial charge >= 0.3 is 0 Å². The van der Waals surface area contributed by atoms with Crippen LogP contribution in [0.25, 0.3) is 0 Å².